The first kappa shape index (κ1) is 21.2. The maximum Gasteiger partial charge on any atom is 0.408 e. The SMILES string of the molecule is COC(=O)[C@H](C)C=C[C@H](C)NC(=O)[C@H](C)NC(=O)OCc1ccccc1. The summed E-state index contributed by atoms with van der Waals surface area (Å²) in [5.41, 5.74) is 0.859. The molecule has 0 saturated carbocycles. The van der Waals surface area contributed by atoms with Crippen molar-refractivity contribution in [1.29, 1.82) is 0 Å². The molecule has 0 unspecified atom stereocenters. The molecule has 0 saturated heterocycles. The van der Waals surface area contributed by atoms with E-state index in [4.69, 9.17) is 4.74 Å². The first-order valence-corrected chi connectivity index (χ1v) is 8.37. The van der Waals surface area contributed by atoms with Crippen LogP contribution in [0.3, 0.4) is 0 Å². The van der Waals surface area contributed by atoms with E-state index in [2.05, 4.69) is 15.4 Å². The number of amides is 2. The Bertz CT molecular complexity index is 630. The minimum Gasteiger partial charge on any atom is -0.469 e. The van der Waals surface area contributed by atoms with E-state index in [1.165, 1.54) is 7.11 Å². The van der Waals surface area contributed by atoms with E-state index in [0.717, 1.165) is 5.56 Å². The average Bonchev–Trinajstić information content (AvgIpc) is 2.64. The van der Waals surface area contributed by atoms with Gasteiger partial charge in [-0.15, -0.1) is 0 Å². The van der Waals surface area contributed by atoms with E-state index in [9.17, 15) is 14.4 Å². The molecule has 0 aliphatic heterocycles. The Morgan fingerprint density at radius 3 is 2.31 bits per heavy atom. The zero-order valence-electron chi connectivity index (χ0n) is 15.5. The van der Waals surface area contributed by atoms with E-state index < -0.39 is 18.1 Å². The Hall–Kier alpha value is -2.83. The molecule has 1 aromatic carbocycles. The van der Waals surface area contributed by atoms with Crippen molar-refractivity contribution in [1.82, 2.24) is 10.6 Å². The Morgan fingerprint density at radius 1 is 1.04 bits per heavy atom. The van der Waals surface area contributed by atoms with Gasteiger partial charge in [-0.1, -0.05) is 42.5 Å². The van der Waals surface area contributed by atoms with Gasteiger partial charge in [-0.2, -0.15) is 0 Å². The van der Waals surface area contributed by atoms with Crippen molar-refractivity contribution in [2.24, 2.45) is 5.92 Å². The van der Waals surface area contributed by atoms with Gasteiger partial charge >= 0.3 is 12.1 Å². The molecule has 0 radical (unpaired) electrons. The van der Waals surface area contributed by atoms with Crippen LogP contribution in [-0.4, -0.2) is 37.2 Å². The predicted octanol–water partition coefficient (Wildman–Crippen LogP) is 2.17. The topological polar surface area (TPSA) is 93.7 Å². The Balaban J connectivity index is 2.38. The number of alkyl carbamates (subject to hydrolysis) is 1. The monoisotopic (exact) mass is 362 g/mol. The molecule has 1 rings (SSSR count). The van der Waals surface area contributed by atoms with Crippen LogP contribution in [0.25, 0.3) is 0 Å². The van der Waals surface area contributed by atoms with Crippen molar-refractivity contribution in [2.45, 2.75) is 39.5 Å². The van der Waals surface area contributed by atoms with Gasteiger partial charge in [0.2, 0.25) is 5.91 Å². The number of esters is 1. The van der Waals surface area contributed by atoms with E-state index in [1.807, 2.05) is 30.3 Å². The lowest BCUT2D eigenvalue weighted by Gasteiger charge is -2.17. The van der Waals surface area contributed by atoms with E-state index in [0.29, 0.717) is 0 Å². The summed E-state index contributed by atoms with van der Waals surface area (Å²) < 4.78 is 9.70. The molecule has 3 atom stereocenters. The molecule has 2 N–H and O–H groups in total. The fraction of sp³-hybridized carbons (Fsp3) is 0.421. The minimum atomic E-state index is -0.757. The van der Waals surface area contributed by atoms with E-state index in [1.54, 1.807) is 32.9 Å². The third-order valence-electron chi connectivity index (χ3n) is 3.57. The van der Waals surface area contributed by atoms with Gasteiger partial charge in [0.1, 0.15) is 12.6 Å². The molecule has 0 heterocycles. The second-order valence-electron chi connectivity index (χ2n) is 5.92. The van der Waals surface area contributed by atoms with E-state index >= 15 is 0 Å². The Morgan fingerprint density at radius 2 is 1.69 bits per heavy atom. The lowest BCUT2D eigenvalue weighted by Crippen LogP contribution is -2.47. The maximum atomic E-state index is 12.1. The second-order valence-corrected chi connectivity index (χ2v) is 5.92. The molecule has 0 aliphatic carbocycles. The molecule has 2 amide bonds. The lowest BCUT2D eigenvalue weighted by atomic mass is 10.1. The van der Waals surface area contributed by atoms with Gasteiger partial charge in [0.15, 0.2) is 0 Å². The van der Waals surface area contributed by atoms with Gasteiger partial charge in [0, 0.05) is 6.04 Å². The number of carbonyl (C=O) groups is 3. The Labute approximate surface area is 153 Å². The van der Waals surface area contributed by atoms with Crippen molar-refractivity contribution in [3.8, 4) is 0 Å². The van der Waals surface area contributed by atoms with Crippen LogP contribution in [0.15, 0.2) is 42.5 Å². The molecule has 142 valence electrons. The van der Waals surface area contributed by atoms with Crippen LogP contribution in [0, 0.1) is 5.92 Å². The minimum absolute atomic E-state index is 0.131. The molecular weight excluding hydrogens is 336 g/mol. The number of nitrogens with one attached hydrogen (secondary N) is 2. The molecule has 0 fully saturated rings. The first-order chi connectivity index (χ1) is 12.3. The fourth-order valence-corrected chi connectivity index (χ4v) is 2.00. The number of ether oxygens (including phenoxy) is 2. The largest absolute Gasteiger partial charge is 0.469 e. The smallest absolute Gasteiger partial charge is 0.408 e. The Kier molecular flexibility index (Phi) is 8.91. The number of carbonyl (C=O) groups excluding carboxylic acids is 3. The van der Waals surface area contributed by atoms with Crippen LogP contribution in [0.2, 0.25) is 0 Å². The quantitative estimate of drug-likeness (QED) is 0.546. The first-order valence-electron chi connectivity index (χ1n) is 8.37. The van der Waals surface area contributed by atoms with Crippen LogP contribution in [0.4, 0.5) is 4.79 Å². The molecule has 0 aromatic heterocycles. The highest BCUT2D eigenvalue weighted by molar-refractivity contribution is 5.85. The van der Waals surface area contributed by atoms with Gasteiger partial charge in [-0.3, -0.25) is 9.59 Å². The summed E-state index contributed by atoms with van der Waals surface area (Å²) in [5, 5.41) is 5.20. The summed E-state index contributed by atoms with van der Waals surface area (Å²) in [7, 11) is 1.32. The second kappa shape index (κ2) is 10.9. The maximum absolute atomic E-state index is 12.1. The van der Waals surface area contributed by atoms with Gasteiger partial charge in [-0.05, 0) is 26.3 Å². The lowest BCUT2D eigenvalue weighted by molar-refractivity contribution is -0.143. The average molecular weight is 362 g/mol. The molecule has 0 bridgehead atoms. The zero-order chi connectivity index (χ0) is 19.5. The summed E-state index contributed by atoms with van der Waals surface area (Å²) in [6.45, 7) is 5.15. The number of hydrogen-bond acceptors (Lipinski definition) is 5. The van der Waals surface area contributed by atoms with Crippen LogP contribution >= 0.6 is 0 Å². The van der Waals surface area contributed by atoms with Gasteiger partial charge < -0.3 is 20.1 Å². The van der Waals surface area contributed by atoms with Crippen LogP contribution in [0.5, 0.6) is 0 Å². The number of methoxy groups -OCH3 is 1. The summed E-state index contributed by atoms with van der Waals surface area (Å²) in [5.74, 6) is -1.11. The van der Waals surface area contributed by atoms with Crippen molar-refractivity contribution < 1.29 is 23.9 Å². The van der Waals surface area contributed by atoms with Crippen LogP contribution in [0.1, 0.15) is 26.3 Å². The van der Waals surface area contributed by atoms with E-state index in [-0.39, 0.29) is 24.5 Å². The van der Waals surface area contributed by atoms with Gasteiger partial charge in [0.05, 0.1) is 13.0 Å². The molecule has 0 spiro atoms. The molecular formula is C19H26N2O5. The number of rotatable bonds is 8. The highest BCUT2D eigenvalue weighted by Crippen LogP contribution is 2.02. The van der Waals surface area contributed by atoms with Gasteiger partial charge in [0.25, 0.3) is 0 Å². The number of hydrogen-bond donors (Lipinski definition) is 2. The van der Waals surface area contributed by atoms with Gasteiger partial charge in [-0.25, -0.2) is 4.79 Å². The van der Waals surface area contributed by atoms with Crippen molar-refractivity contribution in [3.05, 3.63) is 48.0 Å². The van der Waals surface area contributed by atoms with Crippen LogP contribution < -0.4 is 10.6 Å². The predicted molar refractivity (Wildman–Crippen MR) is 97.1 cm³/mol. The standard InChI is InChI=1S/C19H26N2O5/c1-13(18(23)25-4)10-11-14(2)20-17(22)15(3)21-19(24)26-12-16-8-6-5-7-9-16/h5-11,13-15H,12H2,1-4H3,(H,20,22)(H,21,24)/t13-,14+,15+/m1/s1. The summed E-state index contributed by atoms with van der Waals surface area (Å²) in [4.78, 5) is 35.2. The zero-order valence-corrected chi connectivity index (χ0v) is 15.5. The third-order valence-corrected chi connectivity index (χ3v) is 3.57. The fourth-order valence-electron chi connectivity index (χ4n) is 2.00. The molecule has 7 heteroatoms. The van der Waals surface area contributed by atoms with Crippen molar-refractivity contribution in [3.63, 3.8) is 0 Å². The molecule has 7 nitrogen and oxygen atoms in total. The summed E-state index contributed by atoms with van der Waals surface area (Å²) in [6, 6.07) is 8.19. The third kappa shape index (κ3) is 7.83. The highest BCUT2D eigenvalue weighted by atomic mass is 16.5. The van der Waals surface area contributed by atoms with Crippen molar-refractivity contribution in [2.75, 3.05) is 7.11 Å². The summed E-state index contributed by atoms with van der Waals surface area (Å²) in [6.07, 6.45) is 2.68. The van der Waals surface area contributed by atoms with Crippen LogP contribution in [-0.2, 0) is 25.7 Å². The molecule has 26 heavy (non-hydrogen) atoms. The molecule has 0 aliphatic rings. The summed E-state index contributed by atoms with van der Waals surface area (Å²) >= 11 is 0. The normalized spacial score (nSPS) is 14.2. The number of benzene rings is 1. The van der Waals surface area contributed by atoms with Crippen molar-refractivity contribution >= 4 is 18.0 Å². The highest BCUT2D eigenvalue weighted by Gasteiger charge is 2.17. The molecule has 1 aromatic rings.